The molecule has 2 N–H and O–H groups in total. The van der Waals surface area contributed by atoms with Crippen molar-refractivity contribution in [1.82, 2.24) is 20.1 Å². The van der Waals surface area contributed by atoms with Gasteiger partial charge in [-0.2, -0.15) is 5.10 Å². The van der Waals surface area contributed by atoms with Crippen LogP contribution in [0.2, 0.25) is 0 Å². The summed E-state index contributed by atoms with van der Waals surface area (Å²) in [5, 5.41) is 9.74. The zero-order valence-electron chi connectivity index (χ0n) is 13.0. The van der Waals surface area contributed by atoms with E-state index >= 15 is 0 Å². The molecule has 0 unspecified atom stereocenters. The SMILES string of the molecule is CC(C)c1n[nH]c(=S)n1CCNC(=O)C=Cc1ccc(F)cc1. The minimum absolute atomic E-state index is 0.213. The highest BCUT2D eigenvalue weighted by Crippen LogP contribution is 2.11. The van der Waals surface area contributed by atoms with E-state index in [9.17, 15) is 9.18 Å². The zero-order chi connectivity index (χ0) is 16.8. The van der Waals surface area contributed by atoms with Crippen LogP contribution in [0.3, 0.4) is 0 Å². The fourth-order valence-corrected chi connectivity index (χ4v) is 2.31. The second kappa shape index (κ2) is 7.82. The molecule has 0 bridgehead atoms. The lowest BCUT2D eigenvalue weighted by Crippen LogP contribution is -2.26. The van der Waals surface area contributed by atoms with Crippen molar-refractivity contribution in [1.29, 1.82) is 0 Å². The van der Waals surface area contributed by atoms with Crippen LogP contribution in [-0.4, -0.2) is 27.2 Å². The molecule has 1 heterocycles. The number of hydrogen-bond acceptors (Lipinski definition) is 3. The number of aromatic amines is 1. The Morgan fingerprint density at radius 1 is 1.43 bits per heavy atom. The topological polar surface area (TPSA) is 62.7 Å². The van der Waals surface area contributed by atoms with E-state index in [1.54, 1.807) is 18.2 Å². The van der Waals surface area contributed by atoms with Gasteiger partial charge < -0.3 is 9.88 Å². The van der Waals surface area contributed by atoms with E-state index in [0.29, 0.717) is 17.9 Å². The fraction of sp³-hybridized carbons (Fsp3) is 0.312. The van der Waals surface area contributed by atoms with Gasteiger partial charge in [0.05, 0.1) is 0 Å². The Morgan fingerprint density at radius 3 is 2.78 bits per heavy atom. The number of nitrogens with zero attached hydrogens (tertiary/aromatic N) is 2. The molecule has 0 atom stereocenters. The number of H-pyrrole nitrogens is 1. The van der Waals surface area contributed by atoms with Crippen molar-refractivity contribution in [3.8, 4) is 0 Å². The largest absolute Gasteiger partial charge is 0.351 e. The molecule has 5 nitrogen and oxygen atoms in total. The van der Waals surface area contributed by atoms with Crippen LogP contribution in [-0.2, 0) is 11.3 Å². The summed E-state index contributed by atoms with van der Waals surface area (Å²) >= 11 is 5.18. The second-order valence-corrected chi connectivity index (χ2v) is 5.76. The van der Waals surface area contributed by atoms with Crippen molar-refractivity contribution in [2.24, 2.45) is 0 Å². The van der Waals surface area contributed by atoms with Crippen LogP contribution in [0.1, 0.15) is 31.2 Å². The second-order valence-electron chi connectivity index (χ2n) is 5.37. The highest BCUT2D eigenvalue weighted by Gasteiger charge is 2.09. The predicted molar refractivity (Wildman–Crippen MR) is 89.9 cm³/mol. The Morgan fingerprint density at radius 2 is 2.13 bits per heavy atom. The maximum atomic E-state index is 12.8. The summed E-state index contributed by atoms with van der Waals surface area (Å²) in [7, 11) is 0. The average molecular weight is 334 g/mol. The monoisotopic (exact) mass is 334 g/mol. The van der Waals surface area contributed by atoms with Crippen LogP contribution in [0, 0.1) is 10.6 Å². The number of aromatic nitrogens is 3. The van der Waals surface area contributed by atoms with Crippen LogP contribution in [0.5, 0.6) is 0 Å². The van der Waals surface area contributed by atoms with Crippen LogP contribution in [0.25, 0.3) is 6.08 Å². The summed E-state index contributed by atoms with van der Waals surface area (Å²) in [5.74, 6) is 0.600. The minimum atomic E-state index is -0.301. The van der Waals surface area contributed by atoms with Gasteiger partial charge in [-0.05, 0) is 36.0 Å². The first-order valence-electron chi connectivity index (χ1n) is 7.34. The van der Waals surface area contributed by atoms with E-state index in [-0.39, 0.29) is 17.6 Å². The van der Waals surface area contributed by atoms with Crippen molar-refractivity contribution in [3.05, 3.63) is 52.3 Å². The van der Waals surface area contributed by atoms with Gasteiger partial charge >= 0.3 is 0 Å². The average Bonchev–Trinajstić information content (AvgIpc) is 2.88. The van der Waals surface area contributed by atoms with Crippen LogP contribution >= 0.6 is 12.2 Å². The molecule has 0 fully saturated rings. The van der Waals surface area contributed by atoms with Crippen LogP contribution < -0.4 is 5.32 Å². The number of amides is 1. The Kier molecular flexibility index (Phi) is 5.81. The third-order valence-electron chi connectivity index (χ3n) is 3.24. The molecule has 0 aliphatic carbocycles. The molecule has 7 heteroatoms. The maximum Gasteiger partial charge on any atom is 0.244 e. The fourth-order valence-electron chi connectivity index (χ4n) is 2.08. The number of carbonyl (C=O) groups is 1. The van der Waals surface area contributed by atoms with Crippen molar-refractivity contribution in [2.75, 3.05) is 6.54 Å². The summed E-state index contributed by atoms with van der Waals surface area (Å²) in [4.78, 5) is 11.8. The maximum absolute atomic E-state index is 12.8. The Hall–Kier alpha value is -2.28. The van der Waals surface area contributed by atoms with Gasteiger partial charge in [-0.25, -0.2) is 4.39 Å². The molecule has 23 heavy (non-hydrogen) atoms. The smallest absolute Gasteiger partial charge is 0.244 e. The van der Waals surface area contributed by atoms with Crippen LogP contribution in [0.4, 0.5) is 4.39 Å². The molecule has 0 radical (unpaired) electrons. The lowest BCUT2D eigenvalue weighted by molar-refractivity contribution is -0.116. The minimum Gasteiger partial charge on any atom is -0.351 e. The Bertz CT molecular complexity index is 746. The lowest BCUT2D eigenvalue weighted by atomic mass is 10.2. The quantitative estimate of drug-likeness (QED) is 0.630. The summed E-state index contributed by atoms with van der Waals surface area (Å²) in [6, 6.07) is 5.93. The summed E-state index contributed by atoms with van der Waals surface area (Å²) in [5.41, 5.74) is 0.765. The molecule has 1 aromatic heterocycles. The number of hydrogen-bond donors (Lipinski definition) is 2. The zero-order valence-corrected chi connectivity index (χ0v) is 13.9. The van der Waals surface area contributed by atoms with Gasteiger partial charge in [0.2, 0.25) is 5.91 Å². The molecule has 0 spiro atoms. The molecule has 1 aromatic carbocycles. The van der Waals surface area contributed by atoms with Gasteiger partial charge in [0.25, 0.3) is 0 Å². The van der Waals surface area contributed by atoms with Gasteiger partial charge in [-0.15, -0.1) is 0 Å². The van der Waals surface area contributed by atoms with Gasteiger partial charge in [0.15, 0.2) is 4.77 Å². The Labute approximate surface area is 139 Å². The van der Waals surface area contributed by atoms with E-state index < -0.39 is 0 Å². The highest BCUT2D eigenvalue weighted by molar-refractivity contribution is 7.71. The summed E-state index contributed by atoms with van der Waals surface area (Å²) < 4.78 is 15.2. The van der Waals surface area contributed by atoms with Crippen molar-refractivity contribution in [3.63, 3.8) is 0 Å². The first-order chi connectivity index (χ1) is 11.0. The number of nitrogens with one attached hydrogen (secondary N) is 2. The molecular formula is C16H19FN4OS. The van der Waals surface area contributed by atoms with Crippen molar-refractivity contribution >= 4 is 24.2 Å². The van der Waals surface area contributed by atoms with Crippen molar-refractivity contribution in [2.45, 2.75) is 26.3 Å². The molecule has 2 aromatic rings. The molecule has 0 saturated carbocycles. The number of rotatable bonds is 6. The number of carbonyl (C=O) groups excluding carboxylic acids is 1. The standard InChI is InChI=1S/C16H19FN4OS/c1-11(2)15-19-20-16(23)21(15)10-9-18-14(22)8-5-12-3-6-13(17)7-4-12/h3-8,11H,9-10H2,1-2H3,(H,18,22)(H,20,23). The normalized spacial score (nSPS) is 11.3. The summed E-state index contributed by atoms with van der Waals surface area (Å²) in [6.07, 6.45) is 3.06. The van der Waals surface area contributed by atoms with Crippen molar-refractivity contribution < 1.29 is 9.18 Å². The third-order valence-corrected chi connectivity index (χ3v) is 3.55. The summed E-state index contributed by atoms with van der Waals surface area (Å²) in [6.45, 7) is 5.07. The van der Waals surface area contributed by atoms with Gasteiger partial charge in [0, 0.05) is 25.1 Å². The van der Waals surface area contributed by atoms with Gasteiger partial charge in [0.1, 0.15) is 11.6 Å². The van der Waals surface area contributed by atoms with E-state index in [1.165, 1.54) is 18.2 Å². The van der Waals surface area contributed by atoms with E-state index in [0.717, 1.165) is 11.4 Å². The molecule has 2 rings (SSSR count). The molecular weight excluding hydrogens is 315 g/mol. The molecule has 0 saturated heterocycles. The predicted octanol–water partition coefficient (Wildman–Crippen LogP) is 3.03. The van der Waals surface area contributed by atoms with Gasteiger partial charge in [-0.3, -0.25) is 9.89 Å². The number of halogens is 1. The molecule has 0 aliphatic heterocycles. The van der Waals surface area contributed by atoms with Crippen LogP contribution in [0.15, 0.2) is 30.3 Å². The van der Waals surface area contributed by atoms with E-state index in [2.05, 4.69) is 15.5 Å². The van der Waals surface area contributed by atoms with E-state index in [1.807, 2.05) is 18.4 Å². The molecule has 122 valence electrons. The lowest BCUT2D eigenvalue weighted by Gasteiger charge is -2.09. The first-order valence-corrected chi connectivity index (χ1v) is 7.75. The molecule has 1 amide bonds. The first kappa shape index (κ1) is 17.1. The number of benzene rings is 1. The highest BCUT2D eigenvalue weighted by atomic mass is 32.1. The molecule has 0 aliphatic rings. The van der Waals surface area contributed by atoms with E-state index in [4.69, 9.17) is 12.2 Å². The third kappa shape index (κ3) is 4.85. The van der Waals surface area contributed by atoms with Gasteiger partial charge in [-0.1, -0.05) is 26.0 Å². The Balaban J connectivity index is 1.87.